The minimum Gasteiger partial charge on any atom is -0.497 e. The van der Waals surface area contributed by atoms with E-state index in [1.165, 1.54) is 17.5 Å². The van der Waals surface area contributed by atoms with Gasteiger partial charge in [-0.25, -0.2) is 0 Å². The fraction of sp³-hybridized carbons (Fsp3) is 0.500. The Morgan fingerprint density at radius 2 is 2.21 bits per heavy atom. The predicted molar refractivity (Wildman–Crippen MR) is 57.5 cm³/mol. The lowest BCUT2D eigenvalue weighted by molar-refractivity contribution is 0.397. The number of rotatable bonds is 1. The second kappa shape index (κ2) is 3.28. The lowest BCUT2D eigenvalue weighted by atomic mass is 9.78. The topological polar surface area (TPSA) is 35.2 Å². The number of ether oxygens (including phenoxy) is 1. The molecule has 0 heterocycles. The molecule has 0 bridgehead atoms. The van der Waals surface area contributed by atoms with E-state index in [0.717, 1.165) is 18.6 Å². The second-order valence-electron chi connectivity index (χ2n) is 4.29. The molecule has 2 nitrogen and oxygen atoms in total. The van der Waals surface area contributed by atoms with Gasteiger partial charge in [0, 0.05) is 5.54 Å². The molecular weight excluding hydrogens is 174 g/mol. The number of aryl methyl sites for hydroxylation is 1. The van der Waals surface area contributed by atoms with Gasteiger partial charge in [0.2, 0.25) is 0 Å². The van der Waals surface area contributed by atoms with Gasteiger partial charge in [-0.15, -0.1) is 0 Å². The van der Waals surface area contributed by atoms with Crippen LogP contribution in [0.5, 0.6) is 5.75 Å². The molecule has 14 heavy (non-hydrogen) atoms. The van der Waals surface area contributed by atoms with Crippen LogP contribution in [0.15, 0.2) is 18.2 Å². The maximum Gasteiger partial charge on any atom is 0.119 e. The van der Waals surface area contributed by atoms with Crippen LogP contribution in [0.25, 0.3) is 0 Å². The maximum atomic E-state index is 6.24. The number of methoxy groups -OCH3 is 1. The molecule has 1 aromatic rings. The average Bonchev–Trinajstić information content (AvgIpc) is 2.16. The van der Waals surface area contributed by atoms with Crippen LogP contribution < -0.4 is 10.5 Å². The van der Waals surface area contributed by atoms with Crippen molar-refractivity contribution in [2.45, 2.75) is 31.7 Å². The van der Waals surface area contributed by atoms with Gasteiger partial charge in [0.05, 0.1) is 7.11 Å². The van der Waals surface area contributed by atoms with Gasteiger partial charge in [0.15, 0.2) is 0 Å². The van der Waals surface area contributed by atoms with E-state index in [9.17, 15) is 0 Å². The summed E-state index contributed by atoms with van der Waals surface area (Å²) in [7, 11) is 1.70. The molecule has 76 valence electrons. The van der Waals surface area contributed by atoms with E-state index in [1.54, 1.807) is 7.11 Å². The third-order valence-corrected chi connectivity index (χ3v) is 3.07. The molecule has 2 heteroatoms. The molecule has 1 atom stereocenters. The van der Waals surface area contributed by atoms with Gasteiger partial charge in [-0.05, 0) is 49.4 Å². The zero-order valence-corrected chi connectivity index (χ0v) is 8.84. The Balaban J connectivity index is 2.46. The van der Waals surface area contributed by atoms with Crippen LogP contribution in [0.1, 0.15) is 30.9 Å². The highest BCUT2D eigenvalue weighted by Crippen LogP contribution is 2.34. The molecule has 0 aliphatic heterocycles. The molecule has 0 aromatic heterocycles. The fourth-order valence-corrected chi connectivity index (χ4v) is 2.24. The maximum absolute atomic E-state index is 6.24. The van der Waals surface area contributed by atoms with Crippen molar-refractivity contribution in [2.24, 2.45) is 5.73 Å². The number of fused-ring (bicyclic) bond motifs is 1. The Kier molecular flexibility index (Phi) is 2.23. The van der Waals surface area contributed by atoms with E-state index in [0.29, 0.717) is 0 Å². The highest BCUT2D eigenvalue weighted by Gasteiger charge is 2.27. The molecule has 0 spiro atoms. The van der Waals surface area contributed by atoms with Crippen molar-refractivity contribution in [3.8, 4) is 5.75 Å². The third kappa shape index (κ3) is 1.50. The molecule has 1 aromatic carbocycles. The molecule has 0 saturated heterocycles. The summed E-state index contributed by atoms with van der Waals surface area (Å²) in [5.41, 5.74) is 8.72. The van der Waals surface area contributed by atoms with Gasteiger partial charge in [-0.2, -0.15) is 0 Å². The molecule has 0 saturated carbocycles. The first kappa shape index (κ1) is 9.53. The van der Waals surface area contributed by atoms with Gasteiger partial charge in [0.1, 0.15) is 5.75 Å². The van der Waals surface area contributed by atoms with Crippen molar-refractivity contribution < 1.29 is 4.74 Å². The molecule has 1 aliphatic carbocycles. The van der Waals surface area contributed by atoms with Gasteiger partial charge in [-0.1, -0.05) is 6.07 Å². The molecule has 2 N–H and O–H groups in total. The van der Waals surface area contributed by atoms with E-state index in [1.807, 2.05) is 6.07 Å². The predicted octanol–water partition coefficient (Wildman–Crippen LogP) is 2.21. The Hall–Kier alpha value is -1.02. The van der Waals surface area contributed by atoms with Crippen LogP contribution in [-0.4, -0.2) is 7.11 Å². The first-order chi connectivity index (χ1) is 6.63. The summed E-state index contributed by atoms with van der Waals surface area (Å²) >= 11 is 0. The highest BCUT2D eigenvalue weighted by atomic mass is 16.5. The van der Waals surface area contributed by atoms with E-state index in [4.69, 9.17) is 10.5 Å². The summed E-state index contributed by atoms with van der Waals surface area (Å²) in [6, 6.07) is 6.21. The molecule has 0 radical (unpaired) electrons. The smallest absolute Gasteiger partial charge is 0.119 e. The second-order valence-corrected chi connectivity index (χ2v) is 4.29. The first-order valence-corrected chi connectivity index (χ1v) is 5.10. The number of hydrogen-bond acceptors (Lipinski definition) is 2. The lowest BCUT2D eigenvalue weighted by Crippen LogP contribution is -2.36. The van der Waals surface area contributed by atoms with E-state index >= 15 is 0 Å². The van der Waals surface area contributed by atoms with Gasteiger partial charge >= 0.3 is 0 Å². The Morgan fingerprint density at radius 1 is 1.43 bits per heavy atom. The van der Waals surface area contributed by atoms with Gasteiger partial charge < -0.3 is 10.5 Å². The van der Waals surface area contributed by atoms with Crippen molar-refractivity contribution >= 4 is 0 Å². The minimum absolute atomic E-state index is 0.153. The molecule has 0 amide bonds. The van der Waals surface area contributed by atoms with E-state index in [-0.39, 0.29) is 5.54 Å². The lowest BCUT2D eigenvalue weighted by Gasteiger charge is -2.32. The molecule has 0 fully saturated rings. The van der Waals surface area contributed by atoms with Crippen LogP contribution in [0.3, 0.4) is 0 Å². The number of hydrogen-bond donors (Lipinski definition) is 1. The Labute approximate surface area is 85.1 Å². The van der Waals surface area contributed by atoms with Crippen molar-refractivity contribution in [2.75, 3.05) is 7.11 Å². The normalized spacial score (nSPS) is 25.6. The van der Waals surface area contributed by atoms with E-state index < -0.39 is 0 Å². The quantitative estimate of drug-likeness (QED) is 0.738. The van der Waals surface area contributed by atoms with Crippen LogP contribution in [-0.2, 0) is 12.0 Å². The van der Waals surface area contributed by atoms with Crippen molar-refractivity contribution in [3.63, 3.8) is 0 Å². The fourth-order valence-electron chi connectivity index (χ4n) is 2.24. The van der Waals surface area contributed by atoms with Gasteiger partial charge in [0.25, 0.3) is 0 Å². The summed E-state index contributed by atoms with van der Waals surface area (Å²) in [6.07, 6.45) is 3.37. The van der Waals surface area contributed by atoms with Gasteiger partial charge in [-0.3, -0.25) is 0 Å². The Morgan fingerprint density at radius 3 is 2.93 bits per heavy atom. The third-order valence-electron chi connectivity index (χ3n) is 3.07. The average molecular weight is 191 g/mol. The first-order valence-electron chi connectivity index (χ1n) is 5.10. The van der Waals surface area contributed by atoms with E-state index in [2.05, 4.69) is 19.1 Å². The molecule has 1 aliphatic rings. The van der Waals surface area contributed by atoms with Crippen molar-refractivity contribution in [1.82, 2.24) is 0 Å². The standard InChI is InChI=1S/C12H17NO/c1-12(13)7-3-4-9-8-10(14-2)5-6-11(9)12/h5-6,8H,3-4,7,13H2,1-2H3. The number of benzene rings is 1. The van der Waals surface area contributed by atoms with Crippen LogP contribution in [0, 0.1) is 0 Å². The summed E-state index contributed by atoms with van der Waals surface area (Å²) in [4.78, 5) is 0. The van der Waals surface area contributed by atoms with Crippen LogP contribution >= 0.6 is 0 Å². The minimum atomic E-state index is -0.153. The van der Waals surface area contributed by atoms with Crippen molar-refractivity contribution in [1.29, 1.82) is 0 Å². The monoisotopic (exact) mass is 191 g/mol. The summed E-state index contributed by atoms with van der Waals surface area (Å²) in [6.45, 7) is 2.11. The molecular formula is C12H17NO. The molecule has 2 rings (SSSR count). The van der Waals surface area contributed by atoms with Crippen molar-refractivity contribution in [3.05, 3.63) is 29.3 Å². The summed E-state index contributed by atoms with van der Waals surface area (Å²) in [5, 5.41) is 0. The van der Waals surface area contributed by atoms with Crippen LogP contribution in [0.4, 0.5) is 0 Å². The molecule has 1 unspecified atom stereocenters. The number of nitrogens with two attached hydrogens (primary N) is 1. The summed E-state index contributed by atoms with van der Waals surface area (Å²) in [5.74, 6) is 0.932. The van der Waals surface area contributed by atoms with Crippen LogP contribution in [0.2, 0.25) is 0 Å². The Bertz CT molecular complexity index is 344. The summed E-state index contributed by atoms with van der Waals surface area (Å²) < 4.78 is 5.21. The largest absolute Gasteiger partial charge is 0.497 e. The highest BCUT2D eigenvalue weighted by molar-refractivity contribution is 5.41. The zero-order chi connectivity index (χ0) is 10.2. The SMILES string of the molecule is COc1ccc2c(c1)CCCC2(C)N. The zero-order valence-electron chi connectivity index (χ0n) is 8.84.